The number of carbonyl (C=O) groups is 3. The van der Waals surface area contributed by atoms with Crippen molar-refractivity contribution in [3.8, 4) is 0 Å². The third-order valence-electron chi connectivity index (χ3n) is 4.94. The van der Waals surface area contributed by atoms with Crippen molar-refractivity contribution in [1.29, 1.82) is 0 Å². The minimum absolute atomic E-state index is 0.0997. The molecule has 2 aromatic rings. The van der Waals surface area contributed by atoms with Crippen LogP contribution >= 0.6 is 0 Å². The Morgan fingerprint density at radius 1 is 1.07 bits per heavy atom. The maximum atomic E-state index is 13.5. The van der Waals surface area contributed by atoms with Crippen LogP contribution in [0.25, 0.3) is 0 Å². The van der Waals surface area contributed by atoms with Crippen LogP contribution in [0.3, 0.4) is 0 Å². The molecule has 8 nitrogen and oxygen atoms in total. The van der Waals surface area contributed by atoms with Crippen molar-refractivity contribution in [2.75, 3.05) is 11.4 Å². The normalized spacial score (nSPS) is 20.1. The van der Waals surface area contributed by atoms with Gasteiger partial charge in [-0.3, -0.25) is 19.4 Å². The Balaban J connectivity index is 1.43. The van der Waals surface area contributed by atoms with Gasteiger partial charge in [0.05, 0.1) is 5.69 Å². The van der Waals surface area contributed by atoms with E-state index in [1.54, 1.807) is 0 Å². The van der Waals surface area contributed by atoms with Crippen LogP contribution in [-0.2, 0) is 20.9 Å². The van der Waals surface area contributed by atoms with Crippen LogP contribution < -0.4 is 10.2 Å². The highest BCUT2D eigenvalue weighted by Gasteiger charge is 2.55. The highest BCUT2D eigenvalue weighted by Crippen LogP contribution is 2.32. The van der Waals surface area contributed by atoms with E-state index in [0.717, 1.165) is 39.2 Å². The third kappa shape index (κ3) is 3.51. The van der Waals surface area contributed by atoms with Crippen LogP contribution in [-0.4, -0.2) is 41.4 Å². The molecule has 0 saturated carbocycles. The minimum Gasteiger partial charge on any atom is -0.350 e. The second-order valence-corrected chi connectivity index (χ2v) is 7.06. The zero-order chi connectivity index (χ0) is 21.4. The molecular formula is C20H17F2N5O3. The summed E-state index contributed by atoms with van der Waals surface area (Å²) < 4.78 is 26.7. The van der Waals surface area contributed by atoms with E-state index in [1.165, 1.54) is 0 Å². The maximum Gasteiger partial charge on any atom is 0.263 e. The van der Waals surface area contributed by atoms with Gasteiger partial charge in [-0.05, 0) is 24.6 Å². The number of fused-ring (bicyclic) bond motifs is 1. The number of halogens is 2. The largest absolute Gasteiger partial charge is 0.350 e. The average molecular weight is 413 g/mol. The number of benzene rings is 2. The fraction of sp³-hybridized carbons (Fsp3) is 0.250. The molecule has 0 spiro atoms. The molecule has 154 valence electrons. The summed E-state index contributed by atoms with van der Waals surface area (Å²) in [6.45, 7) is 1.98. The van der Waals surface area contributed by atoms with E-state index in [1.807, 2.05) is 31.2 Å². The van der Waals surface area contributed by atoms with Gasteiger partial charge in [0.1, 0.15) is 6.54 Å². The van der Waals surface area contributed by atoms with E-state index in [2.05, 4.69) is 15.7 Å². The van der Waals surface area contributed by atoms with Crippen molar-refractivity contribution < 1.29 is 23.2 Å². The summed E-state index contributed by atoms with van der Waals surface area (Å²) in [4.78, 5) is 38.4. The molecule has 1 N–H and O–H groups in total. The molecule has 0 unspecified atom stereocenters. The van der Waals surface area contributed by atoms with Crippen LogP contribution in [0.2, 0.25) is 0 Å². The molecule has 0 bridgehead atoms. The number of carbonyl (C=O) groups excluding carboxylic acids is 3. The smallest absolute Gasteiger partial charge is 0.263 e. The van der Waals surface area contributed by atoms with E-state index in [-0.39, 0.29) is 12.2 Å². The van der Waals surface area contributed by atoms with Crippen molar-refractivity contribution >= 4 is 23.4 Å². The van der Waals surface area contributed by atoms with Crippen molar-refractivity contribution in [2.24, 2.45) is 10.3 Å². The molecular weight excluding hydrogens is 396 g/mol. The third-order valence-corrected chi connectivity index (χ3v) is 4.94. The summed E-state index contributed by atoms with van der Waals surface area (Å²) in [5, 5.41) is 11.4. The Bertz CT molecular complexity index is 1060. The summed E-state index contributed by atoms with van der Waals surface area (Å²) in [6, 6.07) is 8.13. The molecule has 0 radical (unpaired) electrons. The molecule has 2 atom stereocenters. The van der Waals surface area contributed by atoms with Gasteiger partial charge >= 0.3 is 0 Å². The monoisotopic (exact) mass is 413 g/mol. The molecule has 1 fully saturated rings. The van der Waals surface area contributed by atoms with Crippen LogP contribution in [0.15, 0.2) is 52.8 Å². The zero-order valence-electron chi connectivity index (χ0n) is 15.9. The van der Waals surface area contributed by atoms with Crippen molar-refractivity contribution in [2.45, 2.75) is 25.6 Å². The standard InChI is InChI=1S/C20H17F2N5O3/c1-11-2-4-12(5-3-11)9-23-16(28)10-26-18-17(24-25-26)19(29)27(20(18)30)13-6-7-14(21)15(22)8-13/h2-8,17-18H,9-10H2,1H3,(H,23,28)/t17-,18-/m1/s1. The number of hydrogen-bond acceptors (Lipinski definition) is 6. The van der Waals surface area contributed by atoms with E-state index in [9.17, 15) is 23.2 Å². The van der Waals surface area contributed by atoms with E-state index in [4.69, 9.17) is 0 Å². The molecule has 2 heterocycles. The fourth-order valence-corrected chi connectivity index (χ4v) is 3.34. The lowest BCUT2D eigenvalue weighted by atomic mass is 10.1. The van der Waals surface area contributed by atoms with E-state index in [0.29, 0.717) is 6.54 Å². The average Bonchev–Trinajstić information content (AvgIpc) is 3.23. The highest BCUT2D eigenvalue weighted by molar-refractivity contribution is 6.25. The van der Waals surface area contributed by atoms with Crippen LogP contribution in [0.4, 0.5) is 14.5 Å². The molecule has 3 amide bonds. The number of hydrogen-bond donors (Lipinski definition) is 1. The second kappa shape index (κ2) is 7.62. The Labute approximate surface area is 170 Å². The van der Waals surface area contributed by atoms with Gasteiger partial charge in [0, 0.05) is 12.6 Å². The Morgan fingerprint density at radius 2 is 1.80 bits per heavy atom. The predicted molar refractivity (Wildman–Crippen MR) is 101 cm³/mol. The maximum absolute atomic E-state index is 13.5. The van der Waals surface area contributed by atoms with Gasteiger partial charge in [-0.15, -0.1) is 0 Å². The molecule has 1 saturated heterocycles. The highest BCUT2D eigenvalue weighted by atomic mass is 19.2. The van der Waals surface area contributed by atoms with Gasteiger partial charge in [-0.1, -0.05) is 35.1 Å². The Morgan fingerprint density at radius 3 is 2.50 bits per heavy atom. The van der Waals surface area contributed by atoms with Gasteiger partial charge in [0.25, 0.3) is 11.8 Å². The lowest BCUT2D eigenvalue weighted by Crippen LogP contribution is -2.44. The van der Waals surface area contributed by atoms with Gasteiger partial charge in [-0.25, -0.2) is 13.7 Å². The quantitative estimate of drug-likeness (QED) is 0.758. The van der Waals surface area contributed by atoms with E-state index < -0.39 is 41.4 Å². The van der Waals surface area contributed by atoms with Crippen LogP contribution in [0.1, 0.15) is 11.1 Å². The first-order valence-electron chi connectivity index (χ1n) is 9.17. The SMILES string of the molecule is Cc1ccc(CNC(=O)CN2N=N[C@H]3C(=O)N(c4ccc(F)c(F)c4)C(=O)[C@@H]32)cc1. The number of nitrogens with zero attached hydrogens (tertiary/aromatic N) is 4. The van der Waals surface area contributed by atoms with Crippen molar-refractivity contribution in [3.63, 3.8) is 0 Å². The zero-order valence-corrected chi connectivity index (χ0v) is 15.9. The minimum atomic E-state index is -1.18. The first-order valence-corrected chi connectivity index (χ1v) is 9.17. The Hall–Kier alpha value is -3.69. The predicted octanol–water partition coefficient (Wildman–Crippen LogP) is 1.88. The van der Waals surface area contributed by atoms with Gasteiger partial charge in [-0.2, -0.15) is 5.11 Å². The number of aryl methyl sites for hydroxylation is 1. The van der Waals surface area contributed by atoms with Crippen molar-refractivity contribution in [1.82, 2.24) is 10.3 Å². The summed E-state index contributed by atoms with van der Waals surface area (Å²) in [7, 11) is 0. The van der Waals surface area contributed by atoms with Gasteiger partial charge < -0.3 is 5.32 Å². The molecule has 30 heavy (non-hydrogen) atoms. The number of rotatable bonds is 5. The van der Waals surface area contributed by atoms with Gasteiger partial charge in [0.2, 0.25) is 5.91 Å². The summed E-state index contributed by atoms with van der Waals surface area (Å²) in [6.07, 6.45) is 0. The molecule has 4 rings (SSSR count). The molecule has 2 aliphatic heterocycles. The summed E-state index contributed by atoms with van der Waals surface area (Å²) in [5.41, 5.74) is 1.91. The fourth-order valence-electron chi connectivity index (χ4n) is 3.34. The lowest BCUT2D eigenvalue weighted by molar-refractivity contribution is -0.125. The summed E-state index contributed by atoms with van der Waals surface area (Å²) >= 11 is 0. The molecule has 0 aliphatic carbocycles. The molecule has 2 aliphatic rings. The van der Waals surface area contributed by atoms with E-state index >= 15 is 0 Å². The number of nitrogens with one attached hydrogen (secondary N) is 1. The molecule has 2 aromatic carbocycles. The lowest BCUT2D eigenvalue weighted by Gasteiger charge is -2.20. The molecule has 0 aromatic heterocycles. The second-order valence-electron chi connectivity index (χ2n) is 7.06. The number of anilines is 1. The topological polar surface area (TPSA) is 94.4 Å². The number of amides is 3. The number of imide groups is 1. The molecule has 10 heteroatoms. The Kier molecular flexibility index (Phi) is 4.98. The van der Waals surface area contributed by atoms with Crippen LogP contribution in [0.5, 0.6) is 0 Å². The van der Waals surface area contributed by atoms with Crippen LogP contribution in [0, 0.1) is 18.6 Å². The van der Waals surface area contributed by atoms with Crippen molar-refractivity contribution in [3.05, 3.63) is 65.2 Å². The summed E-state index contributed by atoms with van der Waals surface area (Å²) in [5.74, 6) is -4.08. The first kappa shape index (κ1) is 19.6. The van der Waals surface area contributed by atoms with Gasteiger partial charge in [0.15, 0.2) is 23.7 Å². The first-order chi connectivity index (χ1) is 14.3.